The number of aromatic nitrogens is 1. The van der Waals surface area contributed by atoms with Crippen LogP contribution in [0.25, 0.3) is 0 Å². The van der Waals surface area contributed by atoms with E-state index in [1.807, 2.05) is 6.92 Å². The molecule has 3 heteroatoms. The largest absolute Gasteiger partial charge is 0.396 e. The molecule has 72 valence electrons. The van der Waals surface area contributed by atoms with E-state index in [-0.39, 0.29) is 6.61 Å². The molecule has 13 heavy (non-hydrogen) atoms. The second kappa shape index (κ2) is 5.25. The SMILES string of the molecule is Cc1cc(C)nc(SCCCO)c1. The number of hydrogen-bond donors (Lipinski definition) is 1. The van der Waals surface area contributed by atoms with Crippen LogP contribution in [0.2, 0.25) is 0 Å². The van der Waals surface area contributed by atoms with Crippen molar-refractivity contribution in [2.24, 2.45) is 0 Å². The highest BCUT2D eigenvalue weighted by Crippen LogP contribution is 2.17. The average Bonchev–Trinajstić information content (AvgIpc) is 2.03. The second-order valence-corrected chi connectivity index (χ2v) is 4.16. The van der Waals surface area contributed by atoms with E-state index in [0.29, 0.717) is 0 Å². The minimum absolute atomic E-state index is 0.262. The molecule has 1 rings (SSSR count). The summed E-state index contributed by atoms with van der Waals surface area (Å²) >= 11 is 1.70. The summed E-state index contributed by atoms with van der Waals surface area (Å²) in [4.78, 5) is 4.39. The van der Waals surface area contributed by atoms with Crippen LogP contribution in [0, 0.1) is 13.8 Å². The quantitative estimate of drug-likeness (QED) is 0.593. The molecule has 0 amide bonds. The fourth-order valence-electron chi connectivity index (χ4n) is 1.12. The highest BCUT2D eigenvalue weighted by molar-refractivity contribution is 7.99. The molecular weight excluding hydrogens is 182 g/mol. The van der Waals surface area contributed by atoms with Gasteiger partial charge in [-0.3, -0.25) is 0 Å². The van der Waals surface area contributed by atoms with Crippen LogP contribution in [0.3, 0.4) is 0 Å². The van der Waals surface area contributed by atoms with Crippen LogP contribution in [0.15, 0.2) is 17.2 Å². The Hall–Kier alpha value is -0.540. The molecule has 0 bridgehead atoms. The van der Waals surface area contributed by atoms with Crippen molar-refractivity contribution in [1.29, 1.82) is 0 Å². The van der Waals surface area contributed by atoms with Crippen molar-refractivity contribution in [1.82, 2.24) is 4.98 Å². The lowest BCUT2D eigenvalue weighted by Crippen LogP contribution is -1.90. The standard InChI is InChI=1S/C10H15NOS/c1-8-6-9(2)11-10(7-8)13-5-3-4-12/h6-7,12H,3-5H2,1-2H3. The van der Waals surface area contributed by atoms with Crippen molar-refractivity contribution in [3.8, 4) is 0 Å². The number of hydrogen-bond acceptors (Lipinski definition) is 3. The molecule has 0 aliphatic heterocycles. The smallest absolute Gasteiger partial charge is 0.0965 e. The fourth-order valence-corrected chi connectivity index (χ4v) is 2.08. The highest BCUT2D eigenvalue weighted by Gasteiger charge is 1.97. The van der Waals surface area contributed by atoms with Gasteiger partial charge >= 0.3 is 0 Å². The average molecular weight is 197 g/mol. The van der Waals surface area contributed by atoms with Crippen molar-refractivity contribution in [3.05, 3.63) is 23.4 Å². The molecule has 0 saturated heterocycles. The highest BCUT2D eigenvalue weighted by atomic mass is 32.2. The van der Waals surface area contributed by atoms with Crippen molar-refractivity contribution in [2.45, 2.75) is 25.3 Å². The number of pyridine rings is 1. The number of aliphatic hydroxyl groups is 1. The first-order valence-corrected chi connectivity index (χ1v) is 5.40. The number of nitrogens with zero attached hydrogens (tertiary/aromatic N) is 1. The van der Waals surface area contributed by atoms with E-state index in [2.05, 4.69) is 24.0 Å². The Morgan fingerprint density at radius 1 is 1.38 bits per heavy atom. The van der Waals surface area contributed by atoms with Gasteiger partial charge in [0.2, 0.25) is 0 Å². The van der Waals surface area contributed by atoms with E-state index in [1.165, 1.54) is 5.56 Å². The summed E-state index contributed by atoms with van der Waals surface area (Å²) in [6, 6.07) is 4.14. The maximum Gasteiger partial charge on any atom is 0.0965 e. The van der Waals surface area contributed by atoms with Crippen molar-refractivity contribution >= 4 is 11.8 Å². The third-order valence-corrected chi connectivity index (χ3v) is 2.62. The van der Waals surface area contributed by atoms with Crippen molar-refractivity contribution < 1.29 is 5.11 Å². The molecule has 1 N–H and O–H groups in total. The number of thioether (sulfide) groups is 1. The van der Waals surface area contributed by atoms with Crippen LogP contribution in [0.5, 0.6) is 0 Å². The zero-order valence-corrected chi connectivity index (χ0v) is 8.90. The molecule has 0 spiro atoms. The Kier molecular flexibility index (Phi) is 4.25. The Labute approximate surface area is 83.4 Å². The van der Waals surface area contributed by atoms with Gasteiger partial charge in [0, 0.05) is 18.1 Å². The summed E-state index contributed by atoms with van der Waals surface area (Å²) in [6.45, 7) is 4.34. The van der Waals surface area contributed by atoms with Gasteiger partial charge in [-0.15, -0.1) is 11.8 Å². The molecule has 0 aliphatic carbocycles. The lowest BCUT2D eigenvalue weighted by Gasteiger charge is -2.02. The molecule has 0 aliphatic rings. The molecule has 0 radical (unpaired) electrons. The lowest BCUT2D eigenvalue weighted by atomic mass is 10.3. The van der Waals surface area contributed by atoms with Gasteiger partial charge in [0.15, 0.2) is 0 Å². The predicted molar refractivity (Wildman–Crippen MR) is 56.1 cm³/mol. The van der Waals surface area contributed by atoms with E-state index >= 15 is 0 Å². The molecule has 1 heterocycles. The Morgan fingerprint density at radius 3 is 2.77 bits per heavy atom. The molecule has 2 nitrogen and oxygen atoms in total. The Balaban J connectivity index is 2.56. The second-order valence-electron chi connectivity index (χ2n) is 3.05. The van der Waals surface area contributed by atoms with Gasteiger partial charge < -0.3 is 5.11 Å². The Morgan fingerprint density at radius 2 is 2.15 bits per heavy atom. The molecular formula is C10H15NOS. The summed E-state index contributed by atoms with van der Waals surface area (Å²) in [5.41, 5.74) is 2.31. The van der Waals surface area contributed by atoms with Crippen LogP contribution in [0.4, 0.5) is 0 Å². The van der Waals surface area contributed by atoms with Gasteiger partial charge in [0.25, 0.3) is 0 Å². The molecule has 0 aromatic carbocycles. The van der Waals surface area contributed by atoms with E-state index in [0.717, 1.165) is 22.9 Å². The third-order valence-electron chi connectivity index (χ3n) is 1.63. The monoisotopic (exact) mass is 197 g/mol. The van der Waals surface area contributed by atoms with Crippen molar-refractivity contribution in [3.63, 3.8) is 0 Å². The molecule has 1 aromatic heterocycles. The summed E-state index contributed by atoms with van der Waals surface area (Å²) in [5, 5.41) is 9.68. The molecule has 0 atom stereocenters. The zero-order chi connectivity index (χ0) is 9.68. The van der Waals surface area contributed by atoms with Gasteiger partial charge in [0.1, 0.15) is 0 Å². The molecule has 1 aromatic rings. The van der Waals surface area contributed by atoms with E-state index in [9.17, 15) is 0 Å². The first kappa shape index (κ1) is 10.5. The maximum atomic E-state index is 8.62. The summed E-state index contributed by atoms with van der Waals surface area (Å²) in [6.07, 6.45) is 0.833. The Bertz CT molecular complexity index is 255. The minimum Gasteiger partial charge on any atom is -0.396 e. The normalized spacial score (nSPS) is 10.4. The van der Waals surface area contributed by atoms with Gasteiger partial charge in [-0.05, 0) is 38.0 Å². The number of rotatable bonds is 4. The van der Waals surface area contributed by atoms with Crippen LogP contribution in [0.1, 0.15) is 17.7 Å². The first-order chi connectivity index (χ1) is 6.22. The summed E-state index contributed by atoms with van der Waals surface area (Å²) < 4.78 is 0. The summed E-state index contributed by atoms with van der Waals surface area (Å²) in [5.74, 6) is 0.937. The fraction of sp³-hybridized carbons (Fsp3) is 0.500. The predicted octanol–water partition coefficient (Wildman–Crippen LogP) is 2.17. The topological polar surface area (TPSA) is 33.1 Å². The maximum absolute atomic E-state index is 8.62. The molecule has 0 saturated carbocycles. The van der Waals surface area contributed by atoms with Gasteiger partial charge in [-0.25, -0.2) is 4.98 Å². The van der Waals surface area contributed by atoms with Crippen LogP contribution < -0.4 is 0 Å². The van der Waals surface area contributed by atoms with Gasteiger partial charge in [0.05, 0.1) is 5.03 Å². The lowest BCUT2D eigenvalue weighted by molar-refractivity contribution is 0.296. The van der Waals surface area contributed by atoms with E-state index < -0.39 is 0 Å². The van der Waals surface area contributed by atoms with Crippen LogP contribution >= 0.6 is 11.8 Å². The first-order valence-electron chi connectivity index (χ1n) is 4.41. The van der Waals surface area contributed by atoms with Gasteiger partial charge in [-0.2, -0.15) is 0 Å². The molecule has 0 unspecified atom stereocenters. The van der Waals surface area contributed by atoms with Crippen molar-refractivity contribution in [2.75, 3.05) is 12.4 Å². The van der Waals surface area contributed by atoms with E-state index in [4.69, 9.17) is 5.11 Å². The number of aliphatic hydroxyl groups excluding tert-OH is 1. The molecule has 0 fully saturated rings. The van der Waals surface area contributed by atoms with Gasteiger partial charge in [-0.1, -0.05) is 0 Å². The third kappa shape index (κ3) is 3.79. The number of aryl methyl sites for hydroxylation is 2. The zero-order valence-electron chi connectivity index (χ0n) is 8.08. The summed E-state index contributed by atoms with van der Waals surface area (Å²) in [7, 11) is 0. The minimum atomic E-state index is 0.262. The van der Waals surface area contributed by atoms with Crippen LogP contribution in [-0.4, -0.2) is 22.5 Å². The van der Waals surface area contributed by atoms with Crippen LogP contribution in [-0.2, 0) is 0 Å². The van der Waals surface area contributed by atoms with E-state index in [1.54, 1.807) is 11.8 Å².